The number of halogens is 3. The van der Waals surface area contributed by atoms with E-state index < -0.39 is 11.4 Å². The Labute approximate surface area is 128 Å². The van der Waals surface area contributed by atoms with Crippen LogP contribution in [0.4, 0.5) is 4.39 Å². The van der Waals surface area contributed by atoms with Gasteiger partial charge in [-0.2, -0.15) is 0 Å². The summed E-state index contributed by atoms with van der Waals surface area (Å²) in [5.41, 5.74) is 1.16. The fourth-order valence-electron chi connectivity index (χ4n) is 2.13. The van der Waals surface area contributed by atoms with Gasteiger partial charge in [-0.05, 0) is 31.5 Å². The molecule has 0 aliphatic carbocycles. The van der Waals surface area contributed by atoms with Crippen molar-refractivity contribution in [3.8, 4) is 0 Å². The number of benzene rings is 2. The molecule has 0 amide bonds. The van der Waals surface area contributed by atoms with Gasteiger partial charge < -0.3 is 5.11 Å². The Kier molecular flexibility index (Phi) is 4.38. The molecule has 2 rings (SSSR count). The zero-order chi connectivity index (χ0) is 14.9. The highest BCUT2D eigenvalue weighted by atomic mass is 35.5. The van der Waals surface area contributed by atoms with E-state index in [0.29, 0.717) is 12.0 Å². The van der Waals surface area contributed by atoms with Crippen molar-refractivity contribution in [1.82, 2.24) is 0 Å². The summed E-state index contributed by atoms with van der Waals surface area (Å²) in [4.78, 5) is 0. The minimum absolute atomic E-state index is 0.0510. The molecule has 0 spiro atoms. The van der Waals surface area contributed by atoms with Crippen LogP contribution in [-0.4, -0.2) is 5.11 Å². The van der Waals surface area contributed by atoms with Crippen LogP contribution in [0.25, 0.3) is 0 Å². The van der Waals surface area contributed by atoms with Gasteiger partial charge >= 0.3 is 0 Å². The molecule has 2 aromatic rings. The Hall–Kier alpha value is -1.09. The minimum atomic E-state index is -1.27. The molecule has 0 aliphatic rings. The second-order valence-corrected chi connectivity index (χ2v) is 6.00. The molecule has 4 heteroatoms. The fraction of sp³-hybridized carbons (Fsp3) is 0.250. The topological polar surface area (TPSA) is 20.2 Å². The Bertz CT molecular complexity index is 621. The molecule has 0 radical (unpaired) electrons. The van der Waals surface area contributed by atoms with Gasteiger partial charge in [0.25, 0.3) is 0 Å². The maximum atomic E-state index is 13.6. The maximum Gasteiger partial charge on any atom is 0.142 e. The number of rotatable bonds is 3. The summed E-state index contributed by atoms with van der Waals surface area (Å²) < 4.78 is 13.6. The summed E-state index contributed by atoms with van der Waals surface area (Å²) >= 11 is 11.7. The first-order valence-electron chi connectivity index (χ1n) is 6.22. The van der Waals surface area contributed by atoms with E-state index in [0.717, 1.165) is 11.1 Å². The van der Waals surface area contributed by atoms with Crippen molar-refractivity contribution in [2.24, 2.45) is 0 Å². The monoisotopic (exact) mass is 312 g/mol. The van der Waals surface area contributed by atoms with Gasteiger partial charge in [-0.1, -0.05) is 53.0 Å². The van der Waals surface area contributed by atoms with Gasteiger partial charge in [0.05, 0.1) is 10.6 Å². The molecule has 0 aromatic heterocycles. The van der Waals surface area contributed by atoms with E-state index in [1.807, 2.05) is 31.2 Å². The molecule has 0 saturated heterocycles. The van der Waals surface area contributed by atoms with Crippen LogP contribution in [-0.2, 0) is 12.0 Å². The molecular formula is C16H15Cl2FO. The van der Waals surface area contributed by atoms with Crippen LogP contribution >= 0.6 is 23.2 Å². The predicted molar refractivity (Wildman–Crippen MR) is 80.9 cm³/mol. The van der Waals surface area contributed by atoms with Gasteiger partial charge in [-0.15, -0.1) is 0 Å². The predicted octanol–water partition coefficient (Wildman–Crippen LogP) is 4.89. The number of hydrogen-bond donors (Lipinski definition) is 1. The van der Waals surface area contributed by atoms with E-state index in [-0.39, 0.29) is 10.0 Å². The van der Waals surface area contributed by atoms with Crippen LogP contribution in [0, 0.1) is 12.7 Å². The lowest BCUT2D eigenvalue weighted by molar-refractivity contribution is 0.0574. The van der Waals surface area contributed by atoms with Gasteiger partial charge in [0.1, 0.15) is 5.82 Å². The van der Waals surface area contributed by atoms with Gasteiger partial charge in [0.2, 0.25) is 0 Å². The lowest BCUT2D eigenvalue weighted by Gasteiger charge is -2.25. The van der Waals surface area contributed by atoms with E-state index in [9.17, 15) is 9.50 Å². The molecule has 0 fully saturated rings. The molecule has 1 nitrogen and oxygen atoms in total. The van der Waals surface area contributed by atoms with Crippen molar-refractivity contribution in [2.75, 3.05) is 0 Å². The summed E-state index contributed by atoms with van der Waals surface area (Å²) in [6.07, 6.45) is 0.341. The minimum Gasteiger partial charge on any atom is -0.385 e. The third-order valence-electron chi connectivity index (χ3n) is 3.26. The zero-order valence-corrected chi connectivity index (χ0v) is 12.8. The van der Waals surface area contributed by atoms with Crippen molar-refractivity contribution in [2.45, 2.75) is 25.9 Å². The maximum absolute atomic E-state index is 13.6. The van der Waals surface area contributed by atoms with Crippen molar-refractivity contribution in [1.29, 1.82) is 0 Å². The van der Waals surface area contributed by atoms with Crippen molar-refractivity contribution < 1.29 is 9.50 Å². The number of aliphatic hydroxyl groups is 1. The Morgan fingerprint density at radius 1 is 1.10 bits per heavy atom. The second kappa shape index (κ2) is 5.72. The second-order valence-electron chi connectivity index (χ2n) is 5.18. The molecule has 1 atom stereocenters. The van der Waals surface area contributed by atoms with Crippen LogP contribution in [0.5, 0.6) is 0 Å². The third kappa shape index (κ3) is 3.32. The van der Waals surface area contributed by atoms with Gasteiger partial charge in [0, 0.05) is 17.0 Å². The van der Waals surface area contributed by atoms with E-state index >= 15 is 0 Å². The van der Waals surface area contributed by atoms with Crippen LogP contribution in [0.1, 0.15) is 23.6 Å². The molecule has 0 bridgehead atoms. The standard InChI is InChI=1S/C16H15Cl2FO/c1-10-3-5-11(6-4-10)9-16(2,20)12-7-15(19)14(18)8-13(12)17/h3-8,20H,9H2,1-2H3. The number of hydrogen-bond acceptors (Lipinski definition) is 1. The molecule has 0 heterocycles. The van der Waals surface area contributed by atoms with Crippen molar-refractivity contribution in [3.05, 3.63) is 69.0 Å². The highest BCUT2D eigenvalue weighted by molar-refractivity contribution is 6.35. The van der Waals surface area contributed by atoms with Crippen LogP contribution in [0.15, 0.2) is 36.4 Å². The first kappa shape index (κ1) is 15.3. The lowest BCUT2D eigenvalue weighted by atomic mass is 9.88. The Balaban J connectivity index is 2.34. The lowest BCUT2D eigenvalue weighted by Crippen LogP contribution is -2.25. The first-order chi connectivity index (χ1) is 9.29. The van der Waals surface area contributed by atoms with Crippen LogP contribution < -0.4 is 0 Å². The average molecular weight is 313 g/mol. The average Bonchev–Trinajstić information content (AvgIpc) is 2.36. The SMILES string of the molecule is Cc1ccc(CC(C)(O)c2cc(F)c(Cl)cc2Cl)cc1. The van der Waals surface area contributed by atoms with Gasteiger partial charge in [-0.3, -0.25) is 0 Å². The quantitative estimate of drug-likeness (QED) is 0.800. The summed E-state index contributed by atoms with van der Waals surface area (Å²) in [7, 11) is 0. The van der Waals surface area contributed by atoms with Crippen LogP contribution in [0.2, 0.25) is 10.0 Å². The fourth-order valence-corrected chi connectivity index (χ4v) is 2.72. The Morgan fingerprint density at radius 2 is 1.70 bits per heavy atom. The zero-order valence-electron chi connectivity index (χ0n) is 11.3. The molecule has 1 unspecified atom stereocenters. The summed E-state index contributed by atoms with van der Waals surface area (Å²) in [6, 6.07) is 10.3. The molecule has 106 valence electrons. The molecule has 2 aromatic carbocycles. The molecule has 20 heavy (non-hydrogen) atoms. The Morgan fingerprint density at radius 3 is 2.30 bits per heavy atom. The van der Waals surface area contributed by atoms with Crippen LogP contribution in [0.3, 0.4) is 0 Å². The normalized spacial score (nSPS) is 14.1. The first-order valence-corrected chi connectivity index (χ1v) is 6.98. The van der Waals surface area contributed by atoms with Gasteiger partial charge in [-0.25, -0.2) is 4.39 Å². The van der Waals surface area contributed by atoms with E-state index in [2.05, 4.69) is 0 Å². The summed E-state index contributed by atoms with van der Waals surface area (Å²) in [5.74, 6) is -0.588. The van der Waals surface area contributed by atoms with E-state index in [1.54, 1.807) is 6.92 Å². The van der Waals surface area contributed by atoms with Crippen molar-refractivity contribution in [3.63, 3.8) is 0 Å². The molecular weight excluding hydrogens is 298 g/mol. The van der Waals surface area contributed by atoms with Crippen molar-refractivity contribution >= 4 is 23.2 Å². The van der Waals surface area contributed by atoms with Gasteiger partial charge in [0.15, 0.2) is 0 Å². The third-order valence-corrected chi connectivity index (χ3v) is 3.86. The van der Waals surface area contributed by atoms with E-state index in [1.165, 1.54) is 12.1 Å². The number of aryl methyl sites for hydroxylation is 1. The highest BCUT2D eigenvalue weighted by Crippen LogP contribution is 2.34. The smallest absolute Gasteiger partial charge is 0.142 e. The van der Waals surface area contributed by atoms with E-state index in [4.69, 9.17) is 23.2 Å². The molecule has 0 aliphatic heterocycles. The largest absolute Gasteiger partial charge is 0.385 e. The molecule has 0 saturated carbocycles. The summed E-state index contributed by atoms with van der Waals surface area (Å²) in [6.45, 7) is 3.61. The summed E-state index contributed by atoms with van der Waals surface area (Å²) in [5, 5.41) is 10.8. The highest BCUT2D eigenvalue weighted by Gasteiger charge is 2.27. The molecule has 1 N–H and O–H groups in total.